The lowest BCUT2D eigenvalue weighted by atomic mass is 10.1. The van der Waals surface area contributed by atoms with Gasteiger partial charge in [0.1, 0.15) is 18.1 Å². The molecule has 1 aliphatic rings. The van der Waals surface area contributed by atoms with Crippen LogP contribution in [0.15, 0.2) is 53.1 Å². The molecule has 1 atom stereocenters. The van der Waals surface area contributed by atoms with Crippen molar-refractivity contribution in [2.24, 2.45) is 5.92 Å². The Morgan fingerprint density at radius 3 is 2.61 bits per heavy atom. The van der Waals surface area contributed by atoms with E-state index in [4.69, 9.17) is 14.0 Å². The van der Waals surface area contributed by atoms with Gasteiger partial charge in [0.2, 0.25) is 5.91 Å². The van der Waals surface area contributed by atoms with Crippen LogP contribution in [0.5, 0.6) is 5.75 Å². The van der Waals surface area contributed by atoms with Crippen molar-refractivity contribution in [3.05, 3.63) is 65.4 Å². The van der Waals surface area contributed by atoms with Crippen LogP contribution in [0, 0.1) is 19.8 Å². The Morgan fingerprint density at radius 2 is 1.90 bits per heavy atom. The lowest BCUT2D eigenvalue weighted by Crippen LogP contribution is -2.26. The van der Waals surface area contributed by atoms with E-state index >= 15 is 0 Å². The first kappa shape index (κ1) is 20.7. The van der Waals surface area contributed by atoms with E-state index in [1.807, 2.05) is 56.3 Å². The topological polar surface area (TPSA) is 81.9 Å². The average Bonchev–Trinajstić information content (AvgIpc) is 3.41. The zero-order valence-electron chi connectivity index (χ0n) is 17.8. The average molecular weight is 420 g/mol. The van der Waals surface area contributed by atoms with Gasteiger partial charge in [0.25, 0.3) is 0 Å². The maximum Gasteiger partial charge on any atom is 0.311 e. The number of aromatic nitrogens is 1. The van der Waals surface area contributed by atoms with Crippen molar-refractivity contribution < 1.29 is 23.6 Å². The van der Waals surface area contributed by atoms with Crippen molar-refractivity contribution in [2.45, 2.75) is 26.9 Å². The van der Waals surface area contributed by atoms with E-state index < -0.39 is 11.9 Å². The Balaban J connectivity index is 1.35. The quantitative estimate of drug-likeness (QED) is 0.559. The fraction of sp³-hybridized carbons (Fsp3) is 0.292. The maximum atomic E-state index is 12.5. The normalized spacial score (nSPS) is 15.9. The second-order valence-corrected chi connectivity index (χ2v) is 7.69. The molecule has 1 unspecified atom stereocenters. The second kappa shape index (κ2) is 8.63. The number of esters is 1. The molecule has 7 nitrogen and oxygen atoms in total. The molecule has 4 rings (SSSR count). The molecule has 0 radical (unpaired) electrons. The van der Waals surface area contributed by atoms with E-state index in [0.717, 1.165) is 28.1 Å². The summed E-state index contributed by atoms with van der Waals surface area (Å²) in [5.74, 6) is 0.341. The highest BCUT2D eigenvalue weighted by Crippen LogP contribution is 2.28. The predicted molar refractivity (Wildman–Crippen MR) is 115 cm³/mol. The highest BCUT2D eigenvalue weighted by Gasteiger charge is 2.36. The number of hydrogen-bond donors (Lipinski definition) is 0. The lowest BCUT2D eigenvalue weighted by molar-refractivity contribution is -0.149. The Labute approximate surface area is 180 Å². The number of hydrogen-bond acceptors (Lipinski definition) is 6. The molecule has 0 spiro atoms. The number of carbonyl (C=O) groups excluding carboxylic acids is 2. The molecule has 1 aromatic heterocycles. The second-order valence-electron chi connectivity index (χ2n) is 7.69. The molecule has 1 amide bonds. The molecule has 1 fully saturated rings. The van der Waals surface area contributed by atoms with E-state index in [1.54, 1.807) is 18.1 Å². The molecule has 0 aliphatic carbocycles. The Bertz CT molecular complexity index is 1100. The summed E-state index contributed by atoms with van der Waals surface area (Å²) in [7, 11) is 1.61. The van der Waals surface area contributed by atoms with E-state index in [9.17, 15) is 9.59 Å². The summed E-state index contributed by atoms with van der Waals surface area (Å²) < 4.78 is 15.9. The minimum atomic E-state index is -0.498. The van der Waals surface area contributed by atoms with Crippen molar-refractivity contribution in [3.63, 3.8) is 0 Å². The van der Waals surface area contributed by atoms with Crippen LogP contribution in [0.4, 0.5) is 5.69 Å². The Hall–Kier alpha value is -3.61. The summed E-state index contributed by atoms with van der Waals surface area (Å²) in [4.78, 5) is 26.6. The molecule has 31 heavy (non-hydrogen) atoms. The molecular weight excluding hydrogens is 396 g/mol. The molecule has 2 aromatic carbocycles. The molecule has 1 aliphatic heterocycles. The van der Waals surface area contributed by atoms with Gasteiger partial charge in [0.05, 0.1) is 13.0 Å². The summed E-state index contributed by atoms with van der Waals surface area (Å²) in [6.07, 6.45) is 0.141. The third kappa shape index (κ3) is 4.45. The first-order valence-electron chi connectivity index (χ1n) is 10.1. The Kier molecular flexibility index (Phi) is 5.75. The summed E-state index contributed by atoms with van der Waals surface area (Å²) >= 11 is 0. The van der Waals surface area contributed by atoms with Crippen molar-refractivity contribution in [1.82, 2.24) is 5.16 Å². The van der Waals surface area contributed by atoms with E-state index in [1.165, 1.54) is 0 Å². The fourth-order valence-electron chi connectivity index (χ4n) is 3.54. The van der Waals surface area contributed by atoms with E-state index in [-0.39, 0.29) is 18.9 Å². The highest BCUT2D eigenvalue weighted by molar-refractivity contribution is 5.99. The van der Waals surface area contributed by atoms with Crippen LogP contribution >= 0.6 is 0 Å². The van der Waals surface area contributed by atoms with Crippen LogP contribution in [-0.2, 0) is 20.9 Å². The summed E-state index contributed by atoms with van der Waals surface area (Å²) in [6.45, 7) is 4.33. The summed E-state index contributed by atoms with van der Waals surface area (Å²) in [6, 6.07) is 15.0. The molecule has 0 saturated carbocycles. The van der Waals surface area contributed by atoms with Gasteiger partial charge < -0.3 is 18.9 Å². The van der Waals surface area contributed by atoms with Gasteiger partial charge in [-0.1, -0.05) is 11.2 Å². The number of anilines is 1. The number of rotatable bonds is 6. The zero-order chi connectivity index (χ0) is 22.0. The first-order valence-corrected chi connectivity index (χ1v) is 10.1. The van der Waals surface area contributed by atoms with Crippen molar-refractivity contribution in [3.8, 4) is 17.1 Å². The van der Waals surface area contributed by atoms with Gasteiger partial charge in [-0.05, 0) is 61.4 Å². The van der Waals surface area contributed by atoms with Gasteiger partial charge in [0.15, 0.2) is 5.76 Å². The predicted octanol–water partition coefficient (Wildman–Crippen LogP) is 4.06. The SMILES string of the molecule is COc1ccc(-c2cc(COC(=O)C3CC(=O)N(c4ccc(C)c(C)c4)C3)no2)cc1. The van der Waals surface area contributed by atoms with Crippen LogP contribution in [-0.4, -0.2) is 30.7 Å². The molecule has 160 valence electrons. The van der Waals surface area contributed by atoms with E-state index in [0.29, 0.717) is 18.0 Å². The smallest absolute Gasteiger partial charge is 0.311 e. The highest BCUT2D eigenvalue weighted by atomic mass is 16.5. The van der Waals surface area contributed by atoms with Crippen molar-refractivity contribution in [1.29, 1.82) is 0 Å². The van der Waals surface area contributed by atoms with Gasteiger partial charge in [-0.15, -0.1) is 0 Å². The minimum absolute atomic E-state index is 0.00712. The van der Waals surface area contributed by atoms with Gasteiger partial charge in [-0.2, -0.15) is 0 Å². The van der Waals surface area contributed by atoms with Crippen LogP contribution in [0.25, 0.3) is 11.3 Å². The molecule has 3 aromatic rings. The summed E-state index contributed by atoms with van der Waals surface area (Å²) in [5, 5.41) is 3.97. The van der Waals surface area contributed by atoms with Crippen LogP contribution in [0.2, 0.25) is 0 Å². The standard InChI is InChI=1S/C24H24N2O5/c1-15-4-7-20(10-16(15)2)26-13-18(11-23(26)27)24(28)30-14-19-12-22(31-25-19)17-5-8-21(29-3)9-6-17/h4-10,12,18H,11,13-14H2,1-3H3. The van der Waals surface area contributed by atoms with Gasteiger partial charge >= 0.3 is 5.97 Å². The monoisotopic (exact) mass is 420 g/mol. The number of methoxy groups -OCH3 is 1. The first-order chi connectivity index (χ1) is 14.9. The minimum Gasteiger partial charge on any atom is -0.497 e. The van der Waals surface area contributed by atoms with Crippen molar-refractivity contribution >= 4 is 17.6 Å². The summed E-state index contributed by atoms with van der Waals surface area (Å²) in [5.41, 5.74) is 4.43. The number of aryl methyl sites for hydroxylation is 2. The number of carbonyl (C=O) groups is 2. The largest absolute Gasteiger partial charge is 0.497 e. The molecule has 0 bridgehead atoms. The lowest BCUT2D eigenvalue weighted by Gasteiger charge is -2.17. The third-order valence-electron chi connectivity index (χ3n) is 5.56. The molecular formula is C24H24N2O5. The molecule has 2 heterocycles. The number of nitrogens with zero attached hydrogens (tertiary/aromatic N) is 2. The molecule has 1 saturated heterocycles. The van der Waals surface area contributed by atoms with Crippen LogP contribution < -0.4 is 9.64 Å². The molecule has 7 heteroatoms. The fourth-order valence-corrected chi connectivity index (χ4v) is 3.54. The number of amides is 1. The van der Waals surface area contributed by atoms with Gasteiger partial charge in [-0.3, -0.25) is 9.59 Å². The van der Waals surface area contributed by atoms with Crippen LogP contribution in [0.1, 0.15) is 23.2 Å². The van der Waals surface area contributed by atoms with Crippen molar-refractivity contribution in [2.75, 3.05) is 18.6 Å². The third-order valence-corrected chi connectivity index (χ3v) is 5.56. The van der Waals surface area contributed by atoms with Gasteiger partial charge in [-0.25, -0.2) is 0 Å². The van der Waals surface area contributed by atoms with E-state index in [2.05, 4.69) is 5.16 Å². The zero-order valence-corrected chi connectivity index (χ0v) is 17.8. The van der Waals surface area contributed by atoms with Crippen LogP contribution in [0.3, 0.4) is 0 Å². The van der Waals surface area contributed by atoms with Gasteiger partial charge in [0, 0.05) is 30.3 Å². The Morgan fingerprint density at radius 1 is 1.13 bits per heavy atom. The molecule has 0 N–H and O–H groups in total. The maximum absolute atomic E-state index is 12.5. The number of ether oxygens (including phenoxy) is 2. The number of benzene rings is 2.